The van der Waals surface area contributed by atoms with Crippen molar-refractivity contribution in [2.45, 2.75) is 121 Å². The fourth-order valence-corrected chi connectivity index (χ4v) is 6.00. The molecule has 39 heavy (non-hydrogen) atoms. The first-order chi connectivity index (χ1) is 18.5. The van der Waals surface area contributed by atoms with Crippen molar-refractivity contribution in [3.05, 3.63) is 0 Å². The molecule has 6 unspecified atom stereocenters. The molecule has 13 heteroatoms. The van der Waals surface area contributed by atoms with E-state index in [1.54, 1.807) is 0 Å². The first-order valence-electron chi connectivity index (χ1n) is 14.1. The molecule has 12 nitrogen and oxygen atoms in total. The Balaban J connectivity index is 1.52. The van der Waals surface area contributed by atoms with Gasteiger partial charge in [0.25, 0.3) is 0 Å². The van der Waals surface area contributed by atoms with Crippen LogP contribution in [-0.4, -0.2) is 105 Å². The normalized spacial score (nSPS) is 30.8. The number of Topliss-reactive ketones (excluding diaryl/α,β-unsaturated/α-hetero) is 1. The van der Waals surface area contributed by atoms with Crippen LogP contribution in [0.15, 0.2) is 0 Å². The number of carbonyl (C=O) groups is 2. The number of ether oxygens (including phenoxy) is 1. The number of hydrogen-bond donors (Lipinski definition) is 5. The van der Waals surface area contributed by atoms with E-state index in [2.05, 4.69) is 4.52 Å². The SMILES string of the molecule is COP(=O)(O)O[C@@H]1C[C@@H](CO)N(C(=O)CCCCCCC(=O)CCCCCC2OC(CO)C(O)C(O)C2C)C1. The van der Waals surface area contributed by atoms with Gasteiger partial charge in [0.15, 0.2) is 0 Å². The Labute approximate surface area is 231 Å². The molecule has 228 valence electrons. The van der Waals surface area contributed by atoms with Gasteiger partial charge in [-0.05, 0) is 32.1 Å². The Kier molecular flexibility index (Phi) is 15.0. The van der Waals surface area contributed by atoms with Crippen molar-refractivity contribution in [3.63, 3.8) is 0 Å². The van der Waals surface area contributed by atoms with Crippen molar-refractivity contribution in [1.82, 2.24) is 4.90 Å². The Morgan fingerprint density at radius 1 is 0.923 bits per heavy atom. The van der Waals surface area contributed by atoms with Gasteiger partial charge in [0, 0.05) is 38.8 Å². The lowest BCUT2D eigenvalue weighted by atomic mass is 9.86. The molecule has 2 heterocycles. The number of phosphoric acid groups is 1. The molecular weight excluding hydrogens is 533 g/mol. The van der Waals surface area contributed by atoms with Crippen LogP contribution in [0.3, 0.4) is 0 Å². The van der Waals surface area contributed by atoms with Crippen LogP contribution in [0.5, 0.6) is 0 Å². The van der Waals surface area contributed by atoms with E-state index >= 15 is 0 Å². The third-order valence-corrected chi connectivity index (χ3v) is 8.87. The number of carbonyl (C=O) groups excluding carboxylic acids is 2. The third-order valence-electron chi connectivity index (χ3n) is 7.85. The number of aliphatic hydroxyl groups is 4. The third kappa shape index (κ3) is 11.1. The maximum absolute atomic E-state index is 12.6. The summed E-state index contributed by atoms with van der Waals surface area (Å²) in [6, 6.07) is -0.451. The molecule has 2 aliphatic heterocycles. The van der Waals surface area contributed by atoms with Crippen LogP contribution in [0.4, 0.5) is 0 Å². The summed E-state index contributed by atoms with van der Waals surface area (Å²) in [5.41, 5.74) is 0. The number of phosphoric ester groups is 1. The highest BCUT2D eigenvalue weighted by molar-refractivity contribution is 7.47. The van der Waals surface area contributed by atoms with Crippen molar-refractivity contribution in [2.24, 2.45) is 5.92 Å². The second-order valence-corrected chi connectivity index (χ2v) is 12.3. The van der Waals surface area contributed by atoms with Crippen LogP contribution >= 0.6 is 7.82 Å². The molecule has 0 bridgehead atoms. The standard InChI is InChI=1S/C26H48NO11P/c1-18-22(37-23(17-29)26(33)25(18)32)12-8-5-7-11-20(30)10-6-3-4-9-13-24(31)27-15-21(14-19(27)16-28)38-39(34,35)36-2/h18-19,21-23,25-26,28-29,32-33H,3-17H2,1-2H3,(H,34,35)/t18?,19-,21+,22?,23?,25?,26?/m0/s1. The average molecular weight is 582 g/mol. The van der Waals surface area contributed by atoms with Gasteiger partial charge in [0.05, 0.1) is 37.6 Å². The summed E-state index contributed by atoms with van der Waals surface area (Å²) in [6.07, 6.45) is 4.19. The van der Waals surface area contributed by atoms with Crippen molar-refractivity contribution < 1.29 is 53.3 Å². The molecule has 2 aliphatic rings. The van der Waals surface area contributed by atoms with Gasteiger partial charge < -0.3 is 35.0 Å². The molecule has 0 saturated carbocycles. The lowest BCUT2D eigenvalue weighted by molar-refractivity contribution is -0.206. The average Bonchev–Trinajstić information content (AvgIpc) is 3.32. The molecule has 2 rings (SSSR count). The molecule has 0 aromatic rings. The molecule has 0 aromatic carbocycles. The number of unbranched alkanes of at least 4 members (excludes halogenated alkanes) is 5. The Morgan fingerprint density at radius 2 is 1.54 bits per heavy atom. The van der Waals surface area contributed by atoms with Crippen LogP contribution in [0, 0.1) is 5.92 Å². The van der Waals surface area contributed by atoms with Crippen LogP contribution in [0.2, 0.25) is 0 Å². The molecule has 8 atom stereocenters. The monoisotopic (exact) mass is 581 g/mol. The quantitative estimate of drug-likeness (QED) is 0.117. The zero-order valence-electron chi connectivity index (χ0n) is 23.2. The van der Waals surface area contributed by atoms with Crippen LogP contribution in [-0.2, 0) is 27.9 Å². The fourth-order valence-electron chi connectivity index (χ4n) is 5.39. The largest absolute Gasteiger partial charge is 0.472 e. The molecule has 0 radical (unpaired) electrons. The predicted octanol–water partition coefficient (Wildman–Crippen LogP) is 1.69. The lowest BCUT2D eigenvalue weighted by Gasteiger charge is -2.41. The molecule has 2 fully saturated rings. The van der Waals surface area contributed by atoms with E-state index in [1.165, 1.54) is 4.90 Å². The highest BCUT2D eigenvalue weighted by Gasteiger charge is 2.41. The minimum Gasteiger partial charge on any atom is -0.394 e. The Morgan fingerprint density at radius 3 is 2.13 bits per heavy atom. The van der Waals surface area contributed by atoms with E-state index in [4.69, 9.17) is 9.26 Å². The fraction of sp³-hybridized carbons (Fsp3) is 0.923. The zero-order valence-corrected chi connectivity index (χ0v) is 24.1. The van der Waals surface area contributed by atoms with Gasteiger partial charge in [0.1, 0.15) is 18.0 Å². The van der Waals surface area contributed by atoms with Gasteiger partial charge in [-0.1, -0.05) is 32.6 Å². The van der Waals surface area contributed by atoms with Crippen LogP contribution < -0.4 is 0 Å². The number of likely N-dealkylation sites (tertiary alicyclic amines) is 1. The number of nitrogens with zero attached hydrogens (tertiary/aromatic N) is 1. The van der Waals surface area contributed by atoms with E-state index in [-0.39, 0.29) is 49.9 Å². The topological polar surface area (TPSA) is 183 Å². The molecule has 1 amide bonds. The minimum absolute atomic E-state index is 0.132. The second kappa shape index (κ2) is 17.1. The summed E-state index contributed by atoms with van der Waals surface area (Å²) in [7, 11) is -3.09. The van der Waals surface area contributed by atoms with Gasteiger partial charge >= 0.3 is 7.82 Å². The summed E-state index contributed by atoms with van der Waals surface area (Å²) in [5.74, 6) is -0.134. The molecule has 2 saturated heterocycles. The number of rotatable bonds is 18. The van der Waals surface area contributed by atoms with E-state index in [1.807, 2.05) is 6.92 Å². The number of ketones is 1. The van der Waals surface area contributed by atoms with Gasteiger partial charge in [-0.15, -0.1) is 0 Å². The van der Waals surface area contributed by atoms with Crippen molar-refractivity contribution in [1.29, 1.82) is 0 Å². The van der Waals surface area contributed by atoms with Gasteiger partial charge in [-0.25, -0.2) is 4.57 Å². The summed E-state index contributed by atoms with van der Waals surface area (Å²) in [5, 5.41) is 39.0. The predicted molar refractivity (Wildman–Crippen MR) is 142 cm³/mol. The maximum atomic E-state index is 12.6. The highest BCUT2D eigenvalue weighted by atomic mass is 31.2. The zero-order chi connectivity index (χ0) is 29.0. The van der Waals surface area contributed by atoms with Crippen molar-refractivity contribution >= 4 is 19.5 Å². The molecule has 0 aliphatic carbocycles. The Hall–Kier alpha value is -0.950. The summed E-state index contributed by atoms with van der Waals surface area (Å²) in [4.78, 5) is 35.8. The second-order valence-electron chi connectivity index (χ2n) is 10.8. The van der Waals surface area contributed by atoms with E-state index < -0.39 is 38.3 Å². The molecular formula is C26H48NO11P. The van der Waals surface area contributed by atoms with Crippen molar-refractivity contribution in [3.8, 4) is 0 Å². The minimum atomic E-state index is -4.16. The van der Waals surface area contributed by atoms with Crippen LogP contribution in [0.25, 0.3) is 0 Å². The molecule has 0 aromatic heterocycles. The Bertz CT molecular complexity index is 798. The highest BCUT2D eigenvalue weighted by Crippen LogP contribution is 2.45. The number of hydrogen-bond acceptors (Lipinski definition) is 10. The van der Waals surface area contributed by atoms with Crippen LogP contribution in [0.1, 0.15) is 84.0 Å². The number of aliphatic hydroxyl groups excluding tert-OH is 4. The molecule has 5 N–H and O–H groups in total. The smallest absolute Gasteiger partial charge is 0.394 e. The first kappa shape index (κ1) is 34.3. The lowest BCUT2D eigenvalue weighted by Crippen LogP contribution is -2.54. The van der Waals surface area contributed by atoms with E-state index in [0.29, 0.717) is 32.1 Å². The van der Waals surface area contributed by atoms with Crippen molar-refractivity contribution in [2.75, 3.05) is 26.9 Å². The molecule has 0 spiro atoms. The number of amides is 1. The van der Waals surface area contributed by atoms with E-state index in [0.717, 1.165) is 45.6 Å². The van der Waals surface area contributed by atoms with Gasteiger partial charge in [-0.2, -0.15) is 0 Å². The van der Waals surface area contributed by atoms with Gasteiger partial charge in [-0.3, -0.25) is 18.6 Å². The van der Waals surface area contributed by atoms with Gasteiger partial charge in [0.2, 0.25) is 5.91 Å². The first-order valence-corrected chi connectivity index (χ1v) is 15.6. The maximum Gasteiger partial charge on any atom is 0.472 e. The summed E-state index contributed by atoms with van der Waals surface area (Å²) in [6.45, 7) is 1.38. The van der Waals surface area contributed by atoms with E-state index in [9.17, 15) is 39.5 Å². The summed E-state index contributed by atoms with van der Waals surface area (Å²) < 4.78 is 26.8. The summed E-state index contributed by atoms with van der Waals surface area (Å²) >= 11 is 0.